The zero-order chi connectivity index (χ0) is 12.1. The molecular formula is C10H11Cl2N3O. The van der Waals surface area contributed by atoms with Crippen LogP contribution in [-0.4, -0.2) is 16.3 Å². The van der Waals surface area contributed by atoms with Crippen LogP contribution in [0, 0.1) is 0 Å². The minimum Gasteiger partial charge on any atom is -0.377 e. The Morgan fingerprint density at radius 1 is 1.69 bits per heavy atom. The van der Waals surface area contributed by atoms with Crippen molar-refractivity contribution in [3.05, 3.63) is 45.8 Å². The van der Waals surface area contributed by atoms with Gasteiger partial charge in [-0.2, -0.15) is 5.10 Å². The molecule has 0 saturated carbocycles. The fourth-order valence-corrected chi connectivity index (χ4v) is 1.31. The van der Waals surface area contributed by atoms with E-state index in [9.17, 15) is 4.79 Å². The molecule has 4 nitrogen and oxygen atoms in total. The largest absolute Gasteiger partial charge is 0.377 e. The maximum absolute atomic E-state index is 11.6. The van der Waals surface area contributed by atoms with Crippen LogP contribution in [0.3, 0.4) is 0 Å². The molecule has 86 valence electrons. The summed E-state index contributed by atoms with van der Waals surface area (Å²) in [7, 11) is 0. The number of aromatic nitrogens is 2. The fourth-order valence-electron chi connectivity index (χ4n) is 1.03. The molecule has 0 radical (unpaired) electrons. The molecular weight excluding hydrogens is 249 g/mol. The molecule has 16 heavy (non-hydrogen) atoms. The number of nitrogens with one attached hydrogen (secondary N) is 1. The molecule has 1 aromatic rings. The third kappa shape index (κ3) is 3.12. The Hall–Kier alpha value is -1.26. The standard InChI is InChI=1S/C10H11Cl2N3O/c1-3-4-15-10(16)9(12)8(6-14-15)13-5-7(2)11/h3,6,13H,1-2,4-5H2. The molecule has 6 heteroatoms. The van der Waals surface area contributed by atoms with Crippen molar-refractivity contribution in [3.63, 3.8) is 0 Å². The fraction of sp³-hybridized carbons (Fsp3) is 0.200. The second-order valence-electron chi connectivity index (χ2n) is 3.02. The average Bonchev–Trinajstić information content (AvgIpc) is 2.24. The smallest absolute Gasteiger partial charge is 0.287 e. The first-order valence-corrected chi connectivity index (χ1v) is 5.25. The number of rotatable bonds is 5. The van der Waals surface area contributed by atoms with Gasteiger partial charge in [0.2, 0.25) is 0 Å². The van der Waals surface area contributed by atoms with Crippen LogP contribution in [-0.2, 0) is 6.54 Å². The summed E-state index contributed by atoms with van der Waals surface area (Å²) < 4.78 is 1.22. The molecule has 1 rings (SSSR count). The first kappa shape index (κ1) is 12.8. The van der Waals surface area contributed by atoms with Crippen molar-refractivity contribution in [3.8, 4) is 0 Å². The van der Waals surface area contributed by atoms with Crippen LogP contribution < -0.4 is 10.9 Å². The Balaban J connectivity index is 2.97. The van der Waals surface area contributed by atoms with E-state index < -0.39 is 0 Å². The van der Waals surface area contributed by atoms with E-state index in [1.807, 2.05) is 0 Å². The highest BCUT2D eigenvalue weighted by Gasteiger charge is 2.07. The molecule has 0 spiro atoms. The Labute approximate surface area is 103 Å². The Kier molecular flexibility index (Phi) is 4.58. The van der Waals surface area contributed by atoms with Gasteiger partial charge in [-0.15, -0.1) is 6.58 Å². The minimum atomic E-state index is -0.369. The molecule has 0 saturated heterocycles. The van der Waals surface area contributed by atoms with Crippen LogP contribution in [0.15, 0.2) is 35.3 Å². The van der Waals surface area contributed by atoms with Gasteiger partial charge in [-0.25, -0.2) is 4.68 Å². The van der Waals surface area contributed by atoms with Gasteiger partial charge in [-0.3, -0.25) is 4.79 Å². The van der Waals surface area contributed by atoms with E-state index >= 15 is 0 Å². The van der Waals surface area contributed by atoms with E-state index in [-0.39, 0.29) is 10.6 Å². The lowest BCUT2D eigenvalue weighted by atomic mass is 10.4. The van der Waals surface area contributed by atoms with Gasteiger partial charge in [0, 0.05) is 5.03 Å². The van der Waals surface area contributed by atoms with E-state index in [0.29, 0.717) is 23.8 Å². The molecule has 1 heterocycles. The molecule has 0 aliphatic heterocycles. The third-order valence-electron chi connectivity index (χ3n) is 1.76. The maximum Gasteiger partial charge on any atom is 0.287 e. The Morgan fingerprint density at radius 2 is 2.38 bits per heavy atom. The van der Waals surface area contributed by atoms with E-state index in [0.717, 1.165) is 0 Å². The van der Waals surface area contributed by atoms with Gasteiger partial charge in [0.1, 0.15) is 5.02 Å². The lowest BCUT2D eigenvalue weighted by molar-refractivity contribution is 0.653. The SMILES string of the molecule is C=CCn1ncc(NCC(=C)Cl)c(Cl)c1=O. The summed E-state index contributed by atoms with van der Waals surface area (Å²) in [5.74, 6) is 0. The molecule has 0 aliphatic rings. The first-order chi connectivity index (χ1) is 7.56. The molecule has 0 bridgehead atoms. The van der Waals surface area contributed by atoms with E-state index in [2.05, 4.69) is 23.6 Å². The summed E-state index contributed by atoms with van der Waals surface area (Å²) in [6, 6.07) is 0. The summed E-state index contributed by atoms with van der Waals surface area (Å²) in [6.07, 6.45) is 3.03. The zero-order valence-electron chi connectivity index (χ0n) is 8.54. The van der Waals surface area contributed by atoms with Gasteiger partial charge in [0.15, 0.2) is 0 Å². The van der Waals surface area contributed by atoms with Gasteiger partial charge in [0.05, 0.1) is 25.0 Å². The molecule has 0 amide bonds. The number of halogens is 2. The number of hydrogen-bond donors (Lipinski definition) is 1. The lowest BCUT2D eigenvalue weighted by Gasteiger charge is -2.08. The summed E-state index contributed by atoms with van der Waals surface area (Å²) in [5, 5.41) is 7.28. The van der Waals surface area contributed by atoms with Gasteiger partial charge >= 0.3 is 0 Å². The van der Waals surface area contributed by atoms with Crippen molar-refractivity contribution in [2.45, 2.75) is 6.54 Å². The molecule has 1 aromatic heterocycles. The topological polar surface area (TPSA) is 46.9 Å². The monoisotopic (exact) mass is 259 g/mol. The minimum absolute atomic E-state index is 0.0785. The quantitative estimate of drug-likeness (QED) is 0.826. The zero-order valence-corrected chi connectivity index (χ0v) is 10.1. The van der Waals surface area contributed by atoms with E-state index in [1.54, 1.807) is 6.08 Å². The summed E-state index contributed by atoms with van der Waals surface area (Å²) >= 11 is 11.5. The van der Waals surface area contributed by atoms with Crippen LogP contribution in [0.4, 0.5) is 5.69 Å². The highest BCUT2D eigenvalue weighted by Crippen LogP contribution is 2.15. The van der Waals surface area contributed by atoms with Crippen molar-refractivity contribution in [1.82, 2.24) is 9.78 Å². The number of hydrogen-bond acceptors (Lipinski definition) is 3. The van der Waals surface area contributed by atoms with Crippen molar-refractivity contribution in [2.24, 2.45) is 0 Å². The summed E-state index contributed by atoms with van der Waals surface area (Å²) in [6.45, 7) is 7.68. The van der Waals surface area contributed by atoms with Crippen molar-refractivity contribution in [1.29, 1.82) is 0 Å². The first-order valence-electron chi connectivity index (χ1n) is 4.50. The van der Waals surface area contributed by atoms with Gasteiger partial charge < -0.3 is 5.32 Å². The van der Waals surface area contributed by atoms with Crippen LogP contribution in [0.25, 0.3) is 0 Å². The third-order valence-corrected chi connectivity index (χ3v) is 2.26. The molecule has 0 unspecified atom stereocenters. The molecule has 1 N–H and O–H groups in total. The normalized spacial score (nSPS) is 9.88. The maximum atomic E-state index is 11.6. The molecule has 0 atom stereocenters. The molecule has 0 aliphatic carbocycles. The number of nitrogens with zero attached hydrogens (tertiary/aromatic N) is 2. The highest BCUT2D eigenvalue weighted by molar-refractivity contribution is 6.33. The second-order valence-corrected chi connectivity index (χ2v) is 3.93. The van der Waals surface area contributed by atoms with E-state index in [1.165, 1.54) is 10.9 Å². The Morgan fingerprint density at radius 3 is 2.94 bits per heavy atom. The van der Waals surface area contributed by atoms with Crippen LogP contribution in [0.5, 0.6) is 0 Å². The van der Waals surface area contributed by atoms with Crippen LogP contribution in [0.2, 0.25) is 5.02 Å². The Bertz CT molecular complexity index is 468. The van der Waals surface area contributed by atoms with Crippen LogP contribution in [0.1, 0.15) is 0 Å². The number of allylic oxidation sites excluding steroid dienone is 1. The van der Waals surface area contributed by atoms with Crippen molar-refractivity contribution >= 4 is 28.9 Å². The predicted molar refractivity (Wildman–Crippen MR) is 67.2 cm³/mol. The van der Waals surface area contributed by atoms with Gasteiger partial charge in [-0.05, 0) is 0 Å². The summed E-state index contributed by atoms with van der Waals surface area (Å²) in [5.41, 5.74) is 0.0699. The summed E-state index contributed by atoms with van der Waals surface area (Å²) in [4.78, 5) is 11.6. The number of anilines is 1. The lowest BCUT2D eigenvalue weighted by Crippen LogP contribution is -2.23. The molecule has 0 aromatic carbocycles. The second kappa shape index (κ2) is 5.72. The average molecular weight is 260 g/mol. The predicted octanol–water partition coefficient (Wildman–Crippen LogP) is 2.25. The van der Waals surface area contributed by atoms with Crippen LogP contribution >= 0.6 is 23.2 Å². The van der Waals surface area contributed by atoms with Crippen molar-refractivity contribution < 1.29 is 0 Å². The van der Waals surface area contributed by atoms with E-state index in [4.69, 9.17) is 23.2 Å². The van der Waals surface area contributed by atoms with Crippen molar-refractivity contribution in [2.75, 3.05) is 11.9 Å². The highest BCUT2D eigenvalue weighted by atomic mass is 35.5. The molecule has 0 fully saturated rings. The van der Waals surface area contributed by atoms with Gasteiger partial charge in [-0.1, -0.05) is 35.9 Å². The van der Waals surface area contributed by atoms with Gasteiger partial charge in [0.25, 0.3) is 5.56 Å².